The van der Waals surface area contributed by atoms with Gasteiger partial charge in [0.05, 0.1) is 19.8 Å². The average molecular weight is 225 g/mol. The van der Waals surface area contributed by atoms with Crippen LogP contribution in [0.1, 0.15) is 5.56 Å². The molecule has 0 bridgehead atoms. The van der Waals surface area contributed by atoms with Crippen molar-refractivity contribution in [2.75, 3.05) is 39.3 Å². The number of ether oxygens (including phenoxy) is 3. The predicted octanol–water partition coefficient (Wildman–Crippen LogP) is 1.62. The molecule has 1 aromatic rings. The molecular formula is C12H19NO3. The lowest BCUT2D eigenvalue weighted by atomic mass is 10.2. The van der Waals surface area contributed by atoms with Gasteiger partial charge in [-0.05, 0) is 30.7 Å². The molecule has 0 aromatic heterocycles. The summed E-state index contributed by atoms with van der Waals surface area (Å²) in [5, 5.41) is 0. The number of methoxy groups -OCH3 is 1. The molecule has 0 unspecified atom stereocenters. The van der Waals surface area contributed by atoms with Crippen LogP contribution in [-0.2, 0) is 9.47 Å². The number of aryl methyl sites for hydroxylation is 1. The normalized spacial score (nSPS) is 10.4. The Labute approximate surface area is 96.3 Å². The Morgan fingerprint density at radius 3 is 2.56 bits per heavy atom. The zero-order valence-corrected chi connectivity index (χ0v) is 9.86. The molecule has 1 aromatic carbocycles. The molecular weight excluding hydrogens is 206 g/mol. The molecule has 4 nitrogen and oxygen atoms in total. The lowest BCUT2D eigenvalue weighted by Crippen LogP contribution is -2.10. The Morgan fingerprint density at radius 2 is 1.88 bits per heavy atom. The van der Waals surface area contributed by atoms with Gasteiger partial charge < -0.3 is 19.9 Å². The van der Waals surface area contributed by atoms with Crippen LogP contribution in [0, 0.1) is 6.92 Å². The minimum atomic E-state index is 0.536. The summed E-state index contributed by atoms with van der Waals surface area (Å²) in [5.74, 6) is 0.851. The van der Waals surface area contributed by atoms with E-state index in [0.717, 1.165) is 17.0 Å². The summed E-state index contributed by atoms with van der Waals surface area (Å²) in [7, 11) is 1.65. The van der Waals surface area contributed by atoms with E-state index in [1.807, 2.05) is 25.1 Å². The topological polar surface area (TPSA) is 53.7 Å². The number of hydrogen-bond acceptors (Lipinski definition) is 4. The minimum absolute atomic E-state index is 0.536. The van der Waals surface area contributed by atoms with Crippen LogP contribution in [0.2, 0.25) is 0 Å². The molecule has 0 radical (unpaired) electrons. The summed E-state index contributed by atoms with van der Waals surface area (Å²) in [6, 6.07) is 5.59. The van der Waals surface area contributed by atoms with Crippen LogP contribution in [-0.4, -0.2) is 33.5 Å². The number of benzene rings is 1. The van der Waals surface area contributed by atoms with Crippen molar-refractivity contribution >= 4 is 5.69 Å². The number of hydrogen-bond donors (Lipinski definition) is 1. The molecule has 0 aliphatic carbocycles. The van der Waals surface area contributed by atoms with Crippen molar-refractivity contribution in [3.63, 3.8) is 0 Å². The fourth-order valence-electron chi connectivity index (χ4n) is 1.29. The highest BCUT2D eigenvalue weighted by molar-refractivity contribution is 5.47. The van der Waals surface area contributed by atoms with Gasteiger partial charge in [-0.25, -0.2) is 0 Å². The molecule has 0 amide bonds. The van der Waals surface area contributed by atoms with Crippen LogP contribution in [0.5, 0.6) is 5.75 Å². The highest BCUT2D eigenvalue weighted by Crippen LogP contribution is 2.19. The van der Waals surface area contributed by atoms with Gasteiger partial charge in [-0.2, -0.15) is 0 Å². The molecule has 0 aliphatic rings. The van der Waals surface area contributed by atoms with E-state index in [2.05, 4.69) is 0 Å². The summed E-state index contributed by atoms with van der Waals surface area (Å²) in [6.07, 6.45) is 0. The lowest BCUT2D eigenvalue weighted by Gasteiger charge is -2.09. The van der Waals surface area contributed by atoms with Crippen LogP contribution in [0.25, 0.3) is 0 Å². The molecule has 16 heavy (non-hydrogen) atoms. The molecule has 0 heterocycles. The Morgan fingerprint density at radius 1 is 1.12 bits per heavy atom. The van der Waals surface area contributed by atoms with Gasteiger partial charge in [0.1, 0.15) is 12.4 Å². The monoisotopic (exact) mass is 225 g/mol. The fourth-order valence-corrected chi connectivity index (χ4v) is 1.29. The third-order valence-electron chi connectivity index (χ3n) is 2.12. The van der Waals surface area contributed by atoms with Gasteiger partial charge in [-0.1, -0.05) is 0 Å². The number of anilines is 1. The van der Waals surface area contributed by atoms with Gasteiger partial charge >= 0.3 is 0 Å². The molecule has 0 saturated carbocycles. The third-order valence-corrected chi connectivity index (χ3v) is 2.12. The molecule has 4 heteroatoms. The van der Waals surface area contributed by atoms with E-state index in [-0.39, 0.29) is 0 Å². The van der Waals surface area contributed by atoms with E-state index in [0.29, 0.717) is 26.4 Å². The summed E-state index contributed by atoms with van der Waals surface area (Å²) < 4.78 is 15.7. The maximum atomic E-state index is 5.64. The van der Waals surface area contributed by atoms with Crippen LogP contribution in [0.3, 0.4) is 0 Å². The van der Waals surface area contributed by atoms with Crippen molar-refractivity contribution in [3.8, 4) is 5.75 Å². The smallest absolute Gasteiger partial charge is 0.122 e. The first kappa shape index (κ1) is 12.8. The first-order valence-electron chi connectivity index (χ1n) is 5.29. The number of nitrogen functional groups attached to an aromatic ring is 1. The van der Waals surface area contributed by atoms with Crippen LogP contribution in [0.15, 0.2) is 18.2 Å². The molecule has 0 atom stereocenters. The summed E-state index contributed by atoms with van der Waals surface area (Å²) in [5.41, 5.74) is 7.43. The summed E-state index contributed by atoms with van der Waals surface area (Å²) in [6.45, 7) is 4.28. The Balaban J connectivity index is 2.21. The highest BCUT2D eigenvalue weighted by atomic mass is 16.5. The molecule has 2 N–H and O–H groups in total. The van der Waals surface area contributed by atoms with Crippen LogP contribution in [0.4, 0.5) is 5.69 Å². The highest BCUT2D eigenvalue weighted by Gasteiger charge is 1.99. The van der Waals surface area contributed by atoms with Crippen molar-refractivity contribution in [1.82, 2.24) is 0 Å². The largest absolute Gasteiger partial charge is 0.491 e. The van der Waals surface area contributed by atoms with E-state index < -0.39 is 0 Å². The quantitative estimate of drug-likeness (QED) is 0.566. The van der Waals surface area contributed by atoms with E-state index in [1.165, 1.54) is 0 Å². The second kappa shape index (κ2) is 7.09. The van der Waals surface area contributed by atoms with Crippen molar-refractivity contribution < 1.29 is 14.2 Å². The standard InChI is InChI=1S/C12H19NO3/c1-10-9-11(13)3-4-12(10)16-8-7-15-6-5-14-2/h3-4,9H,5-8,13H2,1-2H3. The zero-order valence-electron chi connectivity index (χ0n) is 9.86. The SMILES string of the molecule is COCCOCCOc1ccc(N)cc1C. The van der Waals surface area contributed by atoms with E-state index in [4.69, 9.17) is 19.9 Å². The lowest BCUT2D eigenvalue weighted by molar-refractivity contribution is 0.0543. The summed E-state index contributed by atoms with van der Waals surface area (Å²) >= 11 is 0. The molecule has 0 saturated heterocycles. The Kier molecular flexibility index (Phi) is 5.67. The van der Waals surface area contributed by atoms with E-state index in [1.54, 1.807) is 7.11 Å². The van der Waals surface area contributed by atoms with Gasteiger partial charge in [-0.3, -0.25) is 0 Å². The Bertz CT molecular complexity index is 315. The van der Waals surface area contributed by atoms with Crippen molar-refractivity contribution in [1.29, 1.82) is 0 Å². The van der Waals surface area contributed by atoms with Crippen molar-refractivity contribution in [3.05, 3.63) is 23.8 Å². The maximum Gasteiger partial charge on any atom is 0.122 e. The Hall–Kier alpha value is -1.26. The summed E-state index contributed by atoms with van der Waals surface area (Å²) in [4.78, 5) is 0. The average Bonchev–Trinajstić information content (AvgIpc) is 2.26. The first-order valence-corrected chi connectivity index (χ1v) is 5.29. The minimum Gasteiger partial charge on any atom is -0.491 e. The third kappa shape index (κ3) is 4.51. The van der Waals surface area contributed by atoms with Crippen LogP contribution < -0.4 is 10.5 Å². The maximum absolute atomic E-state index is 5.64. The first-order chi connectivity index (χ1) is 7.74. The molecule has 1 rings (SSSR count). The van der Waals surface area contributed by atoms with Gasteiger partial charge in [0.2, 0.25) is 0 Å². The van der Waals surface area contributed by atoms with Crippen molar-refractivity contribution in [2.24, 2.45) is 0 Å². The van der Waals surface area contributed by atoms with Crippen LogP contribution >= 0.6 is 0 Å². The second-order valence-electron chi connectivity index (χ2n) is 3.48. The van der Waals surface area contributed by atoms with Gasteiger partial charge in [0.15, 0.2) is 0 Å². The molecule has 90 valence electrons. The fraction of sp³-hybridized carbons (Fsp3) is 0.500. The molecule has 0 aliphatic heterocycles. The van der Waals surface area contributed by atoms with Crippen molar-refractivity contribution in [2.45, 2.75) is 6.92 Å². The van der Waals surface area contributed by atoms with E-state index >= 15 is 0 Å². The number of rotatable bonds is 7. The zero-order chi connectivity index (χ0) is 11.8. The van der Waals surface area contributed by atoms with Gasteiger partial charge in [0.25, 0.3) is 0 Å². The van der Waals surface area contributed by atoms with E-state index in [9.17, 15) is 0 Å². The number of nitrogens with two attached hydrogens (primary N) is 1. The second-order valence-corrected chi connectivity index (χ2v) is 3.48. The van der Waals surface area contributed by atoms with Gasteiger partial charge in [0, 0.05) is 12.8 Å². The molecule has 0 spiro atoms. The van der Waals surface area contributed by atoms with Gasteiger partial charge in [-0.15, -0.1) is 0 Å². The predicted molar refractivity (Wildman–Crippen MR) is 63.8 cm³/mol. The molecule has 0 fully saturated rings.